The van der Waals surface area contributed by atoms with Crippen LogP contribution in [0.2, 0.25) is 36.0 Å². The van der Waals surface area contributed by atoms with Crippen LogP contribution in [0.4, 0.5) is 0 Å². The summed E-state index contributed by atoms with van der Waals surface area (Å²) in [4.78, 5) is 0. The molecule has 0 saturated heterocycles. The largest absolute Gasteiger partial charge is 0.139 e. The molecule has 0 aliphatic rings. The van der Waals surface area contributed by atoms with Gasteiger partial charge < -0.3 is 0 Å². The Bertz CT molecular complexity index is 108. The minimum Gasteiger partial charge on any atom is -0.0736 e. The van der Waals surface area contributed by atoms with E-state index < -0.39 is 0 Å². The van der Waals surface area contributed by atoms with E-state index in [0.29, 0.717) is 0 Å². The third kappa shape index (κ3) is 4.17. The molecule has 0 aromatic carbocycles. The van der Waals surface area contributed by atoms with Crippen molar-refractivity contribution in [3.8, 4) is 0 Å². The van der Waals surface area contributed by atoms with Crippen molar-refractivity contribution in [2.45, 2.75) is 56.7 Å². The Hall–Kier alpha value is 0.716. The van der Waals surface area contributed by atoms with Crippen LogP contribution in [0.5, 0.6) is 0 Å². The Morgan fingerprint density at radius 2 is 0.923 bits per heavy atom. The molecule has 13 heavy (non-hydrogen) atoms. The lowest BCUT2D eigenvalue weighted by Gasteiger charge is -2.29. The van der Waals surface area contributed by atoms with E-state index in [9.17, 15) is 0 Å². The topological polar surface area (TPSA) is 0 Å². The molecule has 0 aliphatic carbocycles. The molecule has 0 saturated carbocycles. The maximum absolute atomic E-state index is 2.44. The highest BCUT2D eigenvalue weighted by molar-refractivity contribution is 6.85. The van der Waals surface area contributed by atoms with Crippen LogP contribution in [0.25, 0.3) is 0 Å². The van der Waals surface area contributed by atoms with Gasteiger partial charge in [-0.25, -0.2) is 0 Å². The third-order valence-corrected chi connectivity index (χ3v) is 6.98. The van der Waals surface area contributed by atoms with E-state index >= 15 is 0 Å². The molecule has 0 fully saturated rings. The second-order valence-corrected chi connectivity index (χ2v) is 8.27. The first kappa shape index (κ1) is 13.7. The Kier molecular flexibility index (Phi) is 7.46. The molecule has 0 nitrogen and oxygen atoms in total. The summed E-state index contributed by atoms with van der Waals surface area (Å²) in [7, 11) is 3.34. The van der Waals surface area contributed by atoms with Crippen molar-refractivity contribution >= 4 is 35.3 Å². The van der Waals surface area contributed by atoms with Gasteiger partial charge in [0.05, 0.1) is 0 Å². The SMILES string of the molecule is C[Si]C(C)B(C(C)[Si]C)C(C)[Si]C. The number of hydrogen-bond donors (Lipinski definition) is 0. The van der Waals surface area contributed by atoms with Crippen LogP contribution < -0.4 is 0 Å². The number of rotatable bonds is 6. The number of hydrogen-bond acceptors (Lipinski definition) is 0. The van der Waals surface area contributed by atoms with Gasteiger partial charge in [0, 0.05) is 28.6 Å². The fourth-order valence-corrected chi connectivity index (χ4v) is 5.34. The first-order valence-corrected chi connectivity index (χ1v) is 9.83. The Labute approximate surface area is 92.2 Å². The summed E-state index contributed by atoms with van der Waals surface area (Å²) in [5, 5.41) is 0. The summed E-state index contributed by atoms with van der Waals surface area (Å²) in [6, 6.07) is 0. The zero-order chi connectivity index (χ0) is 10.4. The van der Waals surface area contributed by atoms with Crippen molar-refractivity contribution in [2.75, 3.05) is 0 Å². The maximum atomic E-state index is 2.44. The molecule has 4 heteroatoms. The van der Waals surface area contributed by atoms with Crippen molar-refractivity contribution in [3.63, 3.8) is 0 Å². The fraction of sp³-hybridized carbons (Fsp3) is 1.00. The Balaban J connectivity index is 4.34. The van der Waals surface area contributed by atoms with Gasteiger partial charge in [0.1, 0.15) is 6.71 Å². The van der Waals surface area contributed by atoms with E-state index in [1.165, 1.54) is 0 Å². The first-order chi connectivity index (χ1) is 6.08. The van der Waals surface area contributed by atoms with E-state index in [4.69, 9.17) is 0 Å². The summed E-state index contributed by atoms with van der Waals surface area (Å²) in [6.45, 7) is 15.4. The van der Waals surface area contributed by atoms with Gasteiger partial charge in [-0.2, -0.15) is 0 Å². The molecule has 0 rings (SSSR count). The fourth-order valence-electron chi connectivity index (χ4n) is 1.88. The molecule has 0 bridgehead atoms. The van der Waals surface area contributed by atoms with Gasteiger partial charge in [-0.3, -0.25) is 0 Å². The van der Waals surface area contributed by atoms with Crippen LogP contribution >= 0.6 is 0 Å². The minimum atomic E-state index is 0.935. The van der Waals surface area contributed by atoms with E-state index in [-0.39, 0.29) is 0 Å². The van der Waals surface area contributed by atoms with Crippen LogP contribution in [0.15, 0.2) is 0 Å². The van der Waals surface area contributed by atoms with Gasteiger partial charge >= 0.3 is 0 Å². The molecular weight excluding hydrogens is 203 g/mol. The molecule has 0 amide bonds. The quantitative estimate of drug-likeness (QED) is 0.609. The highest BCUT2D eigenvalue weighted by Gasteiger charge is 2.30. The van der Waals surface area contributed by atoms with Crippen LogP contribution in [-0.4, -0.2) is 35.3 Å². The van der Waals surface area contributed by atoms with Gasteiger partial charge in [0.25, 0.3) is 0 Å². The summed E-state index contributed by atoms with van der Waals surface area (Å²) in [5.41, 5.74) is 2.81. The van der Waals surface area contributed by atoms with Crippen molar-refractivity contribution in [1.82, 2.24) is 0 Å². The van der Waals surface area contributed by atoms with Crippen LogP contribution in [0.1, 0.15) is 20.8 Å². The van der Waals surface area contributed by atoms with Crippen LogP contribution in [-0.2, 0) is 0 Å². The molecular formula is C9H21BSi3. The molecule has 0 N–H and O–H groups in total. The predicted molar refractivity (Wildman–Crippen MR) is 68.9 cm³/mol. The van der Waals surface area contributed by atoms with Gasteiger partial charge in [-0.1, -0.05) is 56.7 Å². The normalized spacial score (nSPS) is 18.0. The van der Waals surface area contributed by atoms with Gasteiger partial charge in [-0.05, 0) is 0 Å². The van der Waals surface area contributed by atoms with E-state index in [1.807, 2.05) is 0 Å². The average Bonchev–Trinajstić information content (AvgIpc) is 2.16. The van der Waals surface area contributed by atoms with Crippen LogP contribution in [0.3, 0.4) is 0 Å². The second kappa shape index (κ2) is 7.07. The molecule has 3 unspecified atom stereocenters. The summed E-state index contributed by atoms with van der Waals surface area (Å²) < 4.78 is 0. The first-order valence-electron chi connectivity index (χ1n) is 5.10. The minimum absolute atomic E-state index is 0.935. The van der Waals surface area contributed by atoms with Crippen molar-refractivity contribution in [2.24, 2.45) is 0 Å². The molecule has 0 heterocycles. The lowest BCUT2D eigenvalue weighted by Crippen LogP contribution is -2.35. The van der Waals surface area contributed by atoms with Gasteiger partial charge in [0.15, 0.2) is 0 Å². The van der Waals surface area contributed by atoms with Crippen LogP contribution in [0, 0.1) is 0 Å². The van der Waals surface area contributed by atoms with Crippen molar-refractivity contribution in [1.29, 1.82) is 0 Å². The van der Waals surface area contributed by atoms with Gasteiger partial charge in [-0.15, -0.1) is 0 Å². The summed E-state index contributed by atoms with van der Waals surface area (Å²) in [6.07, 6.45) is 0. The predicted octanol–water partition coefficient (Wildman–Crippen LogP) is 2.78. The van der Waals surface area contributed by atoms with Gasteiger partial charge in [0.2, 0.25) is 0 Å². The van der Waals surface area contributed by atoms with E-state index in [0.717, 1.165) is 51.6 Å². The highest BCUT2D eigenvalue weighted by atomic mass is 28.2. The Morgan fingerprint density at radius 3 is 1.08 bits per heavy atom. The molecule has 72 valence electrons. The van der Waals surface area contributed by atoms with Crippen molar-refractivity contribution in [3.05, 3.63) is 0 Å². The molecule has 0 aliphatic heterocycles. The molecule has 3 atom stereocenters. The molecule has 0 aromatic rings. The molecule has 0 spiro atoms. The van der Waals surface area contributed by atoms with E-state index in [2.05, 4.69) is 40.4 Å². The molecule has 0 aromatic heterocycles. The molecule has 6 radical (unpaired) electrons. The smallest absolute Gasteiger partial charge is 0.0736 e. The zero-order valence-corrected chi connectivity index (χ0v) is 12.8. The summed E-state index contributed by atoms with van der Waals surface area (Å²) >= 11 is 0. The zero-order valence-electron chi connectivity index (χ0n) is 9.81. The monoisotopic (exact) mass is 224 g/mol. The lowest BCUT2D eigenvalue weighted by atomic mass is 9.42. The maximum Gasteiger partial charge on any atom is 0.139 e. The summed E-state index contributed by atoms with van der Waals surface area (Å²) in [5.74, 6) is 0. The Morgan fingerprint density at radius 1 is 0.692 bits per heavy atom. The van der Waals surface area contributed by atoms with Crippen molar-refractivity contribution < 1.29 is 0 Å². The average molecular weight is 224 g/mol. The standard InChI is InChI=1S/C9H21BSi3/c1-7(11-4)10(8(2)12-5)9(3)13-6/h7-9H,1-6H3. The highest BCUT2D eigenvalue weighted by Crippen LogP contribution is 2.28. The van der Waals surface area contributed by atoms with E-state index in [1.54, 1.807) is 0 Å². The second-order valence-electron chi connectivity index (χ2n) is 3.81. The third-order valence-electron chi connectivity index (χ3n) is 3.10. The lowest BCUT2D eigenvalue weighted by molar-refractivity contribution is 1.09.